The van der Waals surface area contributed by atoms with Crippen LogP contribution in [0.25, 0.3) is 22.0 Å². The number of nitrogens with zero attached hydrogens (tertiary/aromatic N) is 5. The first kappa shape index (κ1) is 29.7. The van der Waals surface area contributed by atoms with Gasteiger partial charge in [0.15, 0.2) is 5.82 Å². The third kappa shape index (κ3) is 7.46. The number of nitrogens with two attached hydrogens (primary N) is 1. The van der Waals surface area contributed by atoms with Gasteiger partial charge in [-0.3, -0.25) is 9.79 Å². The second kappa shape index (κ2) is 13.9. The quantitative estimate of drug-likeness (QED) is 0.199. The number of ether oxygens (including phenoxy) is 1. The summed E-state index contributed by atoms with van der Waals surface area (Å²) in [5.74, 6) is 1.76. The Bertz CT molecular complexity index is 1470. The number of carbonyl (C=O) groups excluding carboxylic acids is 1. The molecule has 1 unspecified atom stereocenters. The van der Waals surface area contributed by atoms with Crippen molar-refractivity contribution in [3.63, 3.8) is 0 Å². The van der Waals surface area contributed by atoms with Gasteiger partial charge in [0.05, 0.1) is 30.3 Å². The zero-order chi connectivity index (χ0) is 29.4. The SMILES string of the molecule is CC(C)=C/C(=C\N(C)C=O)c1ccc2nc(/C(C=NCC(C)C)=C/N)nc(N3CCOCC3c3ccccc3)c2c1. The highest BCUT2D eigenvalue weighted by Gasteiger charge is 2.28. The van der Waals surface area contributed by atoms with Crippen molar-refractivity contribution in [3.05, 3.63) is 89.5 Å². The van der Waals surface area contributed by atoms with Crippen LogP contribution in [-0.2, 0) is 9.53 Å². The predicted octanol–water partition coefficient (Wildman–Crippen LogP) is 5.63. The molecular formula is C33H40N6O2. The molecule has 3 aromatic rings. The number of hydrogen-bond acceptors (Lipinski definition) is 7. The fourth-order valence-corrected chi connectivity index (χ4v) is 4.74. The van der Waals surface area contributed by atoms with Gasteiger partial charge in [0.25, 0.3) is 0 Å². The van der Waals surface area contributed by atoms with Crippen LogP contribution in [0.3, 0.4) is 0 Å². The van der Waals surface area contributed by atoms with E-state index in [0.29, 0.717) is 43.6 Å². The molecule has 8 nitrogen and oxygen atoms in total. The van der Waals surface area contributed by atoms with Crippen molar-refractivity contribution in [2.24, 2.45) is 16.6 Å². The summed E-state index contributed by atoms with van der Waals surface area (Å²) >= 11 is 0. The first-order chi connectivity index (χ1) is 19.8. The molecule has 1 aromatic heterocycles. The summed E-state index contributed by atoms with van der Waals surface area (Å²) in [6.07, 6.45) is 7.97. The van der Waals surface area contributed by atoms with Crippen LogP contribution in [0.4, 0.5) is 5.82 Å². The van der Waals surface area contributed by atoms with Gasteiger partial charge in [-0.15, -0.1) is 0 Å². The summed E-state index contributed by atoms with van der Waals surface area (Å²) in [6, 6.07) is 16.5. The topological polar surface area (TPSA) is 96.9 Å². The monoisotopic (exact) mass is 552 g/mol. The molecule has 1 aliphatic rings. The van der Waals surface area contributed by atoms with Crippen molar-refractivity contribution in [1.29, 1.82) is 0 Å². The Morgan fingerprint density at radius 1 is 1.17 bits per heavy atom. The van der Waals surface area contributed by atoms with Crippen LogP contribution >= 0.6 is 0 Å². The molecule has 2 N–H and O–H groups in total. The summed E-state index contributed by atoms with van der Waals surface area (Å²) in [6.45, 7) is 10.8. The van der Waals surface area contributed by atoms with Gasteiger partial charge >= 0.3 is 0 Å². The Morgan fingerprint density at radius 2 is 1.95 bits per heavy atom. The Hall–Kier alpha value is -4.30. The molecule has 1 saturated heterocycles. The number of aliphatic imine (C=N–C) groups is 1. The molecule has 4 rings (SSSR count). The number of fused-ring (bicyclic) bond motifs is 1. The predicted molar refractivity (Wildman–Crippen MR) is 168 cm³/mol. The zero-order valence-electron chi connectivity index (χ0n) is 24.6. The summed E-state index contributed by atoms with van der Waals surface area (Å²) in [7, 11) is 1.73. The van der Waals surface area contributed by atoms with Gasteiger partial charge < -0.3 is 20.3 Å². The van der Waals surface area contributed by atoms with Crippen molar-refractivity contribution in [2.75, 3.05) is 38.3 Å². The second-order valence-corrected chi connectivity index (χ2v) is 10.9. The number of anilines is 1. The van der Waals surface area contributed by atoms with Crippen LogP contribution in [-0.4, -0.2) is 60.8 Å². The number of allylic oxidation sites excluding steroid dienone is 4. The molecule has 0 saturated carbocycles. The van der Waals surface area contributed by atoms with E-state index >= 15 is 0 Å². The maximum atomic E-state index is 11.4. The average Bonchev–Trinajstić information content (AvgIpc) is 2.98. The minimum absolute atomic E-state index is 0.0199. The Morgan fingerprint density at radius 3 is 2.63 bits per heavy atom. The maximum absolute atomic E-state index is 11.4. The molecule has 0 aliphatic carbocycles. The van der Waals surface area contributed by atoms with E-state index in [1.165, 1.54) is 11.1 Å². The van der Waals surface area contributed by atoms with Gasteiger partial charge in [-0.1, -0.05) is 61.9 Å². The molecule has 1 fully saturated rings. The first-order valence-corrected chi connectivity index (χ1v) is 14.0. The van der Waals surface area contributed by atoms with E-state index in [1.807, 2.05) is 50.4 Å². The van der Waals surface area contributed by atoms with Crippen molar-refractivity contribution in [2.45, 2.75) is 33.7 Å². The molecule has 0 radical (unpaired) electrons. The van der Waals surface area contributed by atoms with E-state index in [0.717, 1.165) is 45.4 Å². The van der Waals surface area contributed by atoms with Crippen LogP contribution < -0.4 is 10.6 Å². The normalized spacial score (nSPS) is 16.4. The fraction of sp³-hybridized carbons (Fsp3) is 0.333. The maximum Gasteiger partial charge on any atom is 0.213 e. The Balaban J connectivity index is 1.93. The average molecular weight is 553 g/mol. The molecular weight excluding hydrogens is 512 g/mol. The van der Waals surface area contributed by atoms with Gasteiger partial charge in [-0.2, -0.15) is 0 Å². The number of benzene rings is 2. The molecule has 8 heteroatoms. The zero-order valence-corrected chi connectivity index (χ0v) is 24.6. The standard InChI is InChI=1S/C33H40N6O2/c1-23(2)15-27(20-38(5)22-40)26-11-12-30-29(16-26)33(37-32(36-30)28(17-34)19-35-18-24(3)4)39-13-14-41-21-31(39)25-9-7-6-8-10-25/h6-12,15-17,19-20,22,24,31H,13-14,18,21,34H2,1-5H3/b27-20+,28-17+,35-19?. The van der Waals surface area contributed by atoms with Crippen molar-refractivity contribution in [1.82, 2.24) is 14.9 Å². The van der Waals surface area contributed by atoms with E-state index < -0.39 is 0 Å². The van der Waals surface area contributed by atoms with Gasteiger partial charge in [0, 0.05) is 44.1 Å². The highest BCUT2D eigenvalue weighted by molar-refractivity contribution is 6.09. The van der Waals surface area contributed by atoms with Crippen molar-refractivity contribution >= 4 is 40.5 Å². The largest absolute Gasteiger partial charge is 0.404 e. The molecule has 1 aliphatic heterocycles. The summed E-state index contributed by atoms with van der Waals surface area (Å²) < 4.78 is 5.94. The Labute approximate surface area is 242 Å². The van der Waals surface area contributed by atoms with Crippen LogP contribution in [0.15, 0.2) is 77.6 Å². The highest BCUT2D eigenvalue weighted by Crippen LogP contribution is 2.35. The Kier molecular flexibility index (Phi) is 10.0. The number of amides is 1. The fourth-order valence-electron chi connectivity index (χ4n) is 4.74. The van der Waals surface area contributed by atoms with Crippen molar-refractivity contribution < 1.29 is 9.53 Å². The lowest BCUT2D eigenvalue weighted by Crippen LogP contribution is -2.40. The number of morpholine rings is 1. The summed E-state index contributed by atoms with van der Waals surface area (Å²) in [5.41, 5.74) is 11.7. The van der Waals surface area contributed by atoms with Crippen molar-refractivity contribution in [3.8, 4) is 0 Å². The molecule has 41 heavy (non-hydrogen) atoms. The third-order valence-corrected chi connectivity index (χ3v) is 6.69. The summed E-state index contributed by atoms with van der Waals surface area (Å²) in [4.78, 5) is 29.9. The van der Waals surface area contributed by atoms with Crippen LogP contribution in [0.1, 0.15) is 50.7 Å². The number of hydrogen-bond donors (Lipinski definition) is 1. The molecule has 2 aromatic carbocycles. The molecule has 1 atom stereocenters. The molecule has 0 spiro atoms. The second-order valence-electron chi connectivity index (χ2n) is 10.9. The lowest BCUT2D eigenvalue weighted by atomic mass is 10.0. The minimum atomic E-state index is -0.0199. The van der Waals surface area contributed by atoms with Crippen LogP contribution in [0, 0.1) is 5.92 Å². The molecule has 0 bridgehead atoms. The lowest BCUT2D eigenvalue weighted by Gasteiger charge is -2.37. The highest BCUT2D eigenvalue weighted by atomic mass is 16.5. The van der Waals surface area contributed by atoms with E-state index in [1.54, 1.807) is 13.3 Å². The first-order valence-electron chi connectivity index (χ1n) is 14.0. The lowest BCUT2D eigenvalue weighted by molar-refractivity contribution is -0.114. The number of rotatable bonds is 10. The summed E-state index contributed by atoms with van der Waals surface area (Å²) in [5, 5.41) is 0.909. The van der Waals surface area contributed by atoms with Gasteiger partial charge in [-0.25, -0.2) is 9.97 Å². The molecule has 214 valence electrons. The van der Waals surface area contributed by atoms with Gasteiger partial charge in [0.2, 0.25) is 6.41 Å². The van der Waals surface area contributed by atoms with E-state index in [9.17, 15) is 4.79 Å². The van der Waals surface area contributed by atoms with E-state index in [4.69, 9.17) is 20.4 Å². The van der Waals surface area contributed by atoms with Crippen LogP contribution in [0.2, 0.25) is 0 Å². The van der Waals surface area contributed by atoms with Crippen LogP contribution in [0.5, 0.6) is 0 Å². The van der Waals surface area contributed by atoms with E-state index in [2.05, 4.69) is 48.0 Å². The molecule has 1 amide bonds. The minimum Gasteiger partial charge on any atom is -0.404 e. The molecule has 2 heterocycles. The van der Waals surface area contributed by atoms with Gasteiger partial charge in [-0.05, 0) is 48.6 Å². The number of aromatic nitrogens is 2. The smallest absolute Gasteiger partial charge is 0.213 e. The third-order valence-electron chi connectivity index (χ3n) is 6.69. The van der Waals surface area contributed by atoms with Gasteiger partial charge in [0.1, 0.15) is 5.82 Å². The number of carbonyl (C=O) groups is 1. The van der Waals surface area contributed by atoms with E-state index in [-0.39, 0.29) is 6.04 Å².